The van der Waals surface area contributed by atoms with Crippen LogP contribution in [0.25, 0.3) is 0 Å². The predicted molar refractivity (Wildman–Crippen MR) is 73.2 cm³/mol. The van der Waals surface area contributed by atoms with E-state index in [2.05, 4.69) is 20.5 Å². The molecule has 1 unspecified atom stereocenters. The minimum Gasteiger partial charge on any atom is -0.467 e. The molecule has 0 radical (unpaired) electrons. The molecule has 2 N–H and O–H groups in total. The van der Waals surface area contributed by atoms with Crippen LogP contribution in [-0.2, 0) is 9.53 Å². The van der Waals surface area contributed by atoms with E-state index in [0.29, 0.717) is 12.2 Å². The van der Waals surface area contributed by atoms with E-state index < -0.39 is 17.9 Å². The molecule has 0 bridgehead atoms. The highest BCUT2D eigenvalue weighted by Gasteiger charge is 2.25. The predicted octanol–water partition coefficient (Wildman–Crippen LogP) is 1.25. The quantitative estimate of drug-likeness (QED) is 0.765. The minimum atomic E-state index is -0.687. The number of carbonyl (C=O) groups excluding carboxylic acids is 2. The number of esters is 1. The first-order valence-corrected chi connectivity index (χ1v) is 6.66. The normalized spacial score (nSPS) is 12.6. The molecule has 1 aromatic rings. The lowest BCUT2D eigenvalue weighted by Gasteiger charge is -2.17. The monoisotopic (exact) mass is 282 g/mol. The highest BCUT2D eigenvalue weighted by atomic mass is 16.5. The molecule has 7 heteroatoms. The van der Waals surface area contributed by atoms with Crippen LogP contribution in [0.1, 0.15) is 56.5 Å². The number of nitrogens with zero attached hydrogens (tertiary/aromatic N) is 2. The Kier molecular flexibility index (Phi) is 5.66. The van der Waals surface area contributed by atoms with Crippen molar-refractivity contribution >= 4 is 11.9 Å². The van der Waals surface area contributed by atoms with E-state index in [4.69, 9.17) is 4.74 Å². The molecule has 0 aliphatic rings. The number of hydrogen-bond acceptors (Lipinski definition) is 5. The zero-order valence-corrected chi connectivity index (χ0v) is 12.6. The Bertz CT molecular complexity index is 468. The summed E-state index contributed by atoms with van der Waals surface area (Å²) in [6.45, 7) is 7.81. The summed E-state index contributed by atoms with van der Waals surface area (Å²) < 4.78 is 4.69. The topological polar surface area (TPSA) is 97.0 Å². The number of rotatable bonds is 6. The molecule has 0 spiro atoms. The van der Waals surface area contributed by atoms with Crippen LogP contribution in [0.2, 0.25) is 0 Å². The number of hydrogen-bond donors (Lipinski definition) is 2. The molecule has 0 saturated heterocycles. The van der Waals surface area contributed by atoms with Crippen molar-refractivity contribution in [3.8, 4) is 0 Å². The summed E-state index contributed by atoms with van der Waals surface area (Å²) >= 11 is 0. The molecule has 0 fully saturated rings. The van der Waals surface area contributed by atoms with Crippen molar-refractivity contribution in [2.75, 3.05) is 7.11 Å². The average molecular weight is 282 g/mol. The van der Waals surface area contributed by atoms with Crippen molar-refractivity contribution in [1.29, 1.82) is 0 Å². The lowest BCUT2D eigenvalue weighted by Crippen LogP contribution is -2.42. The van der Waals surface area contributed by atoms with Gasteiger partial charge in [0.2, 0.25) is 5.82 Å². The molecule has 1 aromatic heterocycles. The van der Waals surface area contributed by atoms with E-state index in [1.165, 1.54) is 7.11 Å². The number of ether oxygens (including phenoxy) is 1. The number of aromatic amines is 1. The largest absolute Gasteiger partial charge is 0.467 e. The Balaban J connectivity index is 2.76. The van der Waals surface area contributed by atoms with Gasteiger partial charge in [-0.1, -0.05) is 27.7 Å². The molecule has 0 aliphatic heterocycles. The smallest absolute Gasteiger partial charge is 0.328 e. The first-order chi connectivity index (χ1) is 9.35. The number of aromatic nitrogens is 3. The summed E-state index contributed by atoms with van der Waals surface area (Å²) in [6.07, 6.45) is 0.500. The molecular weight excluding hydrogens is 260 g/mol. The molecule has 1 heterocycles. The Morgan fingerprint density at radius 3 is 2.40 bits per heavy atom. The Hall–Kier alpha value is -1.92. The second kappa shape index (κ2) is 7.02. The van der Waals surface area contributed by atoms with Gasteiger partial charge >= 0.3 is 5.97 Å². The average Bonchev–Trinajstić information content (AvgIpc) is 2.86. The zero-order valence-electron chi connectivity index (χ0n) is 12.6. The Labute approximate surface area is 118 Å². The van der Waals surface area contributed by atoms with Gasteiger partial charge in [-0.3, -0.25) is 9.89 Å². The van der Waals surface area contributed by atoms with E-state index in [9.17, 15) is 9.59 Å². The molecule has 0 saturated carbocycles. The summed E-state index contributed by atoms with van der Waals surface area (Å²) in [6, 6.07) is -0.687. The van der Waals surface area contributed by atoms with Gasteiger partial charge < -0.3 is 10.1 Å². The van der Waals surface area contributed by atoms with Crippen molar-refractivity contribution in [3.05, 3.63) is 11.6 Å². The third-order valence-corrected chi connectivity index (χ3v) is 2.75. The van der Waals surface area contributed by atoms with Crippen LogP contribution in [-0.4, -0.2) is 40.2 Å². The van der Waals surface area contributed by atoms with Crippen molar-refractivity contribution in [3.63, 3.8) is 0 Å². The van der Waals surface area contributed by atoms with Crippen molar-refractivity contribution in [2.45, 2.75) is 46.1 Å². The molecular formula is C13H22N4O3. The van der Waals surface area contributed by atoms with Crippen LogP contribution in [0, 0.1) is 5.92 Å². The molecule has 1 atom stereocenters. The van der Waals surface area contributed by atoms with E-state index in [0.717, 1.165) is 0 Å². The van der Waals surface area contributed by atoms with Gasteiger partial charge in [-0.2, -0.15) is 0 Å². The lowest BCUT2D eigenvalue weighted by molar-refractivity contribution is -0.143. The van der Waals surface area contributed by atoms with Crippen LogP contribution in [0.3, 0.4) is 0 Å². The first kappa shape index (κ1) is 16.1. The highest BCUT2D eigenvalue weighted by molar-refractivity contribution is 5.93. The number of nitrogens with one attached hydrogen (secondary N) is 2. The van der Waals surface area contributed by atoms with Gasteiger partial charge in [0.1, 0.15) is 11.9 Å². The molecule has 1 amide bonds. The summed E-state index contributed by atoms with van der Waals surface area (Å²) in [5.74, 6) is 0.116. The second-order valence-electron chi connectivity index (χ2n) is 5.38. The van der Waals surface area contributed by atoms with Crippen LogP contribution in [0.5, 0.6) is 0 Å². The van der Waals surface area contributed by atoms with Gasteiger partial charge in [0.15, 0.2) is 0 Å². The fourth-order valence-corrected chi connectivity index (χ4v) is 1.68. The van der Waals surface area contributed by atoms with Crippen LogP contribution >= 0.6 is 0 Å². The molecule has 0 aromatic carbocycles. The Morgan fingerprint density at radius 2 is 1.95 bits per heavy atom. The van der Waals surface area contributed by atoms with Crippen LogP contribution in [0.4, 0.5) is 0 Å². The summed E-state index contributed by atoms with van der Waals surface area (Å²) in [5, 5.41) is 9.17. The first-order valence-electron chi connectivity index (χ1n) is 6.66. The standard InChI is InChI=1S/C13H22N4O3/c1-7(2)6-9(13(19)20-5)14-12(18)11-15-10(8(3)4)16-17-11/h7-9H,6H2,1-5H3,(H,14,18)(H,15,16,17). The van der Waals surface area contributed by atoms with Gasteiger partial charge in [-0.05, 0) is 12.3 Å². The maximum Gasteiger partial charge on any atom is 0.328 e. The number of amides is 1. The van der Waals surface area contributed by atoms with Crippen LogP contribution < -0.4 is 5.32 Å². The van der Waals surface area contributed by atoms with Crippen molar-refractivity contribution in [1.82, 2.24) is 20.5 Å². The second-order valence-corrected chi connectivity index (χ2v) is 5.38. The number of methoxy groups -OCH3 is 1. The third kappa shape index (κ3) is 4.32. The van der Waals surface area contributed by atoms with Gasteiger partial charge in [-0.25, -0.2) is 9.78 Å². The van der Waals surface area contributed by atoms with E-state index in [1.54, 1.807) is 0 Å². The summed E-state index contributed by atoms with van der Waals surface area (Å²) in [7, 11) is 1.30. The van der Waals surface area contributed by atoms with Crippen molar-refractivity contribution < 1.29 is 14.3 Å². The van der Waals surface area contributed by atoms with Gasteiger partial charge in [0.05, 0.1) is 7.11 Å². The summed E-state index contributed by atoms with van der Waals surface area (Å²) in [4.78, 5) is 27.8. The van der Waals surface area contributed by atoms with E-state index in [-0.39, 0.29) is 17.7 Å². The van der Waals surface area contributed by atoms with Gasteiger partial charge in [0, 0.05) is 5.92 Å². The highest BCUT2D eigenvalue weighted by Crippen LogP contribution is 2.09. The van der Waals surface area contributed by atoms with E-state index in [1.807, 2.05) is 27.7 Å². The third-order valence-electron chi connectivity index (χ3n) is 2.75. The molecule has 0 aliphatic carbocycles. The Morgan fingerprint density at radius 1 is 1.30 bits per heavy atom. The molecule has 1 rings (SSSR count). The maximum absolute atomic E-state index is 12.0. The SMILES string of the molecule is COC(=O)C(CC(C)C)NC(=O)c1n[nH]c(C(C)C)n1. The fraction of sp³-hybridized carbons (Fsp3) is 0.692. The van der Waals surface area contributed by atoms with Gasteiger partial charge in [0.25, 0.3) is 5.91 Å². The summed E-state index contributed by atoms with van der Waals surface area (Å²) in [5.41, 5.74) is 0. The zero-order chi connectivity index (χ0) is 15.3. The molecule has 7 nitrogen and oxygen atoms in total. The van der Waals surface area contributed by atoms with E-state index >= 15 is 0 Å². The molecule has 112 valence electrons. The minimum absolute atomic E-state index is 0.0337. The van der Waals surface area contributed by atoms with Crippen LogP contribution in [0.15, 0.2) is 0 Å². The number of carbonyl (C=O) groups is 2. The fourth-order valence-electron chi connectivity index (χ4n) is 1.68. The number of H-pyrrole nitrogens is 1. The van der Waals surface area contributed by atoms with Crippen molar-refractivity contribution in [2.24, 2.45) is 5.92 Å². The maximum atomic E-state index is 12.0. The van der Waals surface area contributed by atoms with Gasteiger partial charge in [-0.15, -0.1) is 5.10 Å². The lowest BCUT2D eigenvalue weighted by atomic mass is 10.0. The molecule has 20 heavy (non-hydrogen) atoms.